The molecule has 0 aliphatic carbocycles. The molecule has 0 radical (unpaired) electrons. The van der Waals surface area contributed by atoms with Gasteiger partial charge in [0, 0.05) is 32.7 Å². The van der Waals surface area contributed by atoms with Crippen molar-refractivity contribution >= 4 is 43.6 Å². The van der Waals surface area contributed by atoms with Gasteiger partial charge in [-0.05, 0) is 64.7 Å². The van der Waals surface area contributed by atoms with Crippen LogP contribution >= 0.6 is 0 Å². The molecular formula is C51H33N5. The Morgan fingerprint density at radius 3 is 1.46 bits per heavy atom. The van der Waals surface area contributed by atoms with Gasteiger partial charge >= 0.3 is 0 Å². The molecule has 262 valence electrons. The van der Waals surface area contributed by atoms with Crippen LogP contribution in [0.4, 0.5) is 0 Å². The molecule has 11 aromatic rings. The SMILES string of the molecule is c1ccc(-c2ccc3c(c2)c2ccc(-c4ccccc4)cc2n3-c2nc(-c3ccccc3)nc(-c3ccccc3-n3c4ccccc4c4ccccc43)n2)cc1. The summed E-state index contributed by atoms with van der Waals surface area (Å²) >= 11 is 0. The van der Waals surface area contributed by atoms with E-state index in [4.69, 9.17) is 15.0 Å². The minimum atomic E-state index is 0.559. The first-order valence-corrected chi connectivity index (χ1v) is 18.9. The van der Waals surface area contributed by atoms with Gasteiger partial charge in [-0.3, -0.25) is 4.57 Å². The van der Waals surface area contributed by atoms with Crippen LogP contribution in [0.1, 0.15) is 0 Å². The van der Waals surface area contributed by atoms with Crippen LogP contribution in [-0.4, -0.2) is 24.1 Å². The topological polar surface area (TPSA) is 48.5 Å². The van der Waals surface area contributed by atoms with Gasteiger partial charge in [-0.1, -0.05) is 158 Å². The molecule has 11 rings (SSSR count). The smallest absolute Gasteiger partial charge is 0.238 e. The average molecular weight is 716 g/mol. The summed E-state index contributed by atoms with van der Waals surface area (Å²) in [6.45, 7) is 0. The minimum absolute atomic E-state index is 0.559. The first-order valence-electron chi connectivity index (χ1n) is 18.9. The van der Waals surface area contributed by atoms with Crippen molar-refractivity contribution in [3.63, 3.8) is 0 Å². The number of hydrogen-bond acceptors (Lipinski definition) is 3. The fourth-order valence-corrected chi connectivity index (χ4v) is 8.20. The van der Waals surface area contributed by atoms with E-state index < -0.39 is 0 Å². The van der Waals surface area contributed by atoms with E-state index in [-0.39, 0.29) is 0 Å². The molecule has 0 amide bonds. The van der Waals surface area contributed by atoms with Crippen LogP contribution in [0.15, 0.2) is 200 Å². The molecule has 56 heavy (non-hydrogen) atoms. The van der Waals surface area contributed by atoms with Crippen LogP contribution in [0, 0.1) is 0 Å². The lowest BCUT2D eigenvalue weighted by Gasteiger charge is -2.15. The molecule has 0 bridgehead atoms. The molecule has 8 aromatic carbocycles. The number of benzene rings is 8. The third-order valence-corrected chi connectivity index (χ3v) is 10.8. The van der Waals surface area contributed by atoms with E-state index in [1.165, 1.54) is 16.3 Å². The van der Waals surface area contributed by atoms with Gasteiger partial charge in [-0.15, -0.1) is 0 Å². The fraction of sp³-hybridized carbons (Fsp3) is 0. The zero-order valence-electron chi connectivity index (χ0n) is 30.3. The summed E-state index contributed by atoms with van der Waals surface area (Å²) in [6.07, 6.45) is 0. The van der Waals surface area contributed by atoms with Crippen molar-refractivity contribution in [2.75, 3.05) is 0 Å². The van der Waals surface area contributed by atoms with Gasteiger partial charge in [-0.2, -0.15) is 9.97 Å². The monoisotopic (exact) mass is 715 g/mol. The Morgan fingerprint density at radius 2 is 0.786 bits per heavy atom. The Morgan fingerprint density at radius 1 is 0.286 bits per heavy atom. The molecule has 3 heterocycles. The number of nitrogens with zero attached hydrogens (tertiary/aromatic N) is 5. The largest absolute Gasteiger partial charge is 0.309 e. The van der Waals surface area contributed by atoms with E-state index in [2.05, 4.69) is 191 Å². The molecule has 0 spiro atoms. The van der Waals surface area contributed by atoms with E-state index in [1.807, 2.05) is 18.2 Å². The second kappa shape index (κ2) is 13.0. The standard InChI is InChI=1S/C51H33N5/c1-4-16-34(17-5-1)37-29-31-47-43(32-37)41-30-28-38(35-18-6-2-7-19-35)33-48(41)56(47)51-53-49(36-20-8-3-9-21-36)52-50(54-51)42-24-12-15-27-46(42)55-44-25-13-10-22-39(44)40-23-11-14-26-45(40)55/h1-33H. The Bertz CT molecular complexity index is 3180. The van der Waals surface area contributed by atoms with Crippen molar-refractivity contribution in [1.82, 2.24) is 24.1 Å². The van der Waals surface area contributed by atoms with Crippen LogP contribution < -0.4 is 0 Å². The third kappa shape index (κ3) is 5.21. The molecule has 0 unspecified atom stereocenters. The maximum Gasteiger partial charge on any atom is 0.238 e. The molecule has 3 aromatic heterocycles. The van der Waals surface area contributed by atoms with Gasteiger partial charge in [0.25, 0.3) is 0 Å². The quantitative estimate of drug-likeness (QED) is 0.172. The van der Waals surface area contributed by atoms with E-state index in [0.29, 0.717) is 17.6 Å². The number of fused-ring (bicyclic) bond motifs is 6. The van der Waals surface area contributed by atoms with Crippen molar-refractivity contribution in [3.05, 3.63) is 200 Å². The average Bonchev–Trinajstić information content (AvgIpc) is 3.79. The molecule has 0 saturated heterocycles. The number of rotatable bonds is 6. The lowest BCUT2D eigenvalue weighted by molar-refractivity contribution is 0.952. The van der Waals surface area contributed by atoms with Crippen molar-refractivity contribution in [3.8, 4) is 56.7 Å². The number of para-hydroxylation sites is 3. The number of aromatic nitrogens is 5. The second-order valence-corrected chi connectivity index (χ2v) is 14.1. The summed E-state index contributed by atoms with van der Waals surface area (Å²) in [7, 11) is 0. The van der Waals surface area contributed by atoms with Gasteiger partial charge in [0.15, 0.2) is 11.6 Å². The molecule has 0 aliphatic heterocycles. The molecule has 5 nitrogen and oxygen atoms in total. The molecule has 0 atom stereocenters. The van der Waals surface area contributed by atoms with Gasteiger partial charge in [-0.25, -0.2) is 4.98 Å². The summed E-state index contributed by atoms with van der Waals surface area (Å²) in [5.41, 5.74) is 11.8. The Kier molecular flexibility index (Phi) is 7.42. The van der Waals surface area contributed by atoms with E-state index >= 15 is 0 Å². The zero-order valence-corrected chi connectivity index (χ0v) is 30.3. The van der Waals surface area contributed by atoms with Gasteiger partial charge < -0.3 is 4.57 Å². The zero-order chi connectivity index (χ0) is 37.0. The Hall–Kier alpha value is -7.63. The lowest BCUT2D eigenvalue weighted by Crippen LogP contribution is -2.07. The van der Waals surface area contributed by atoms with Crippen molar-refractivity contribution < 1.29 is 0 Å². The summed E-state index contributed by atoms with van der Waals surface area (Å²) in [6, 6.07) is 70.3. The van der Waals surface area contributed by atoms with Gasteiger partial charge in [0.2, 0.25) is 5.95 Å². The second-order valence-electron chi connectivity index (χ2n) is 14.1. The highest BCUT2D eigenvalue weighted by Crippen LogP contribution is 2.39. The summed E-state index contributed by atoms with van der Waals surface area (Å²) < 4.78 is 4.55. The van der Waals surface area contributed by atoms with Crippen LogP contribution in [0.2, 0.25) is 0 Å². The molecular weight excluding hydrogens is 683 g/mol. The van der Waals surface area contributed by atoms with E-state index in [1.54, 1.807) is 0 Å². The predicted octanol–water partition coefficient (Wildman–Crippen LogP) is 12.7. The first-order chi connectivity index (χ1) is 27.8. The Labute approximate surface area is 323 Å². The maximum atomic E-state index is 5.41. The molecule has 0 saturated carbocycles. The van der Waals surface area contributed by atoms with Crippen molar-refractivity contribution in [2.24, 2.45) is 0 Å². The van der Waals surface area contributed by atoms with Crippen LogP contribution in [0.3, 0.4) is 0 Å². The highest BCUT2D eigenvalue weighted by atomic mass is 15.2. The lowest BCUT2D eigenvalue weighted by atomic mass is 10.0. The molecule has 5 heteroatoms. The molecule has 0 N–H and O–H groups in total. The predicted molar refractivity (Wildman–Crippen MR) is 230 cm³/mol. The first kappa shape index (κ1) is 31.9. The van der Waals surface area contributed by atoms with E-state index in [9.17, 15) is 0 Å². The van der Waals surface area contributed by atoms with Crippen LogP contribution in [0.25, 0.3) is 100 Å². The number of hydrogen-bond donors (Lipinski definition) is 0. The van der Waals surface area contributed by atoms with Crippen molar-refractivity contribution in [1.29, 1.82) is 0 Å². The van der Waals surface area contributed by atoms with Crippen LogP contribution in [0.5, 0.6) is 0 Å². The van der Waals surface area contributed by atoms with E-state index in [0.717, 1.165) is 66.3 Å². The molecule has 0 aliphatic rings. The van der Waals surface area contributed by atoms with Crippen molar-refractivity contribution in [2.45, 2.75) is 0 Å². The summed E-state index contributed by atoms with van der Waals surface area (Å²) in [4.78, 5) is 15.9. The summed E-state index contributed by atoms with van der Waals surface area (Å²) in [5.74, 6) is 1.77. The van der Waals surface area contributed by atoms with Gasteiger partial charge in [0.05, 0.1) is 27.8 Å². The normalized spacial score (nSPS) is 11.6. The minimum Gasteiger partial charge on any atom is -0.309 e. The van der Waals surface area contributed by atoms with Gasteiger partial charge in [0.1, 0.15) is 0 Å². The van der Waals surface area contributed by atoms with Crippen LogP contribution in [-0.2, 0) is 0 Å². The third-order valence-electron chi connectivity index (χ3n) is 10.8. The Balaban J connectivity index is 1.20. The summed E-state index contributed by atoms with van der Waals surface area (Å²) in [5, 5.41) is 4.67. The highest BCUT2D eigenvalue weighted by Gasteiger charge is 2.22. The highest BCUT2D eigenvalue weighted by molar-refractivity contribution is 6.12. The maximum absolute atomic E-state index is 5.41. The molecule has 0 fully saturated rings. The fourth-order valence-electron chi connectivity index (χ4n) is 8.20.